The Morgan fingerprint density at radius 3 is 2.35 bits per heavy atom. The van der Waals surface area contributed by atoms with E-state index in [9.17, 15) is 14.4 Å². The predicted octanol–water partition coefficient (Wildman–Crippen LogP) is 0.714. The van der Waals surface area contributed by atoms with E-state index in [-0.39, 0.29) is 11.3 Å². The highest BCUT2D eigenvalue weighted by atomic mass is 16.2. The molecule has 5 nitrogen and oxygen atoms in total. The van der Waals surface area contributed by atoms with E-state index >= 15 is 0 Å². The molecule has 1 heterocycles. The van der Waals surface area contributed by atoms with Gasteiger partial charge in [-0.15, -0.1) is 0 Å². The Kier molecular flexibility index (Phi) is 4.04. The monoisotopic (exact) mass is 238 g/mol. The van der Waals surface area contributed by atoms with Crippen LogP contribution in [0.15, 0.2) is 9.59 Å². The lowest BCUT2D eigenvalue weighted by atomic mass is 10.1. The lowest BCUT2D eigenvalue weighted by Crippen LogP contribution is -2.41. The van der Waals surface area contributed by atoms with Crippen molar-refractivity contribution in [2.24, 2.45) is 13.0 Å². The van der Waals surface area contributed by atoms with Gasteiger partial charge in [-0.3, -0.25) is 18.7 Å². The van der Waals surface area contributed by atoms with E-state index in [0.717, 1.165) is 11.0 Å². The van der Waals surface area contributed by atoms with E-state index in [1.54, 1.807) is 6.92 Å². The summed E-state index contributed by atoms with van der Waals surface area (Å²) in [6.07, 6.45) is 1.35. The number of rotatable bonds is 4. The number of aromatic nitrogens is 2. The third-order valence-corrected chi connectivity index (χ3v) is 2.90. The first-order chi connectivity index (χ1) is 7.90. The average molecular weight is 238 g/mol. The Hall–Kier alpha value is -1.65. The molecule has 0 aromatic carbocycles. The van der Waals surface area contributed by atoms with Crippen molar-refractivity contribution >= 4 is 6.29 Å². The largest absolute Gasteiger partial charge is 0.330 e. The first-order valence-corrected chi connectivity index (χ1v) is 5.65. The second-order valence-electron chi connectivity index (χ2n) is 4.60. The number of aldehydes is 1. The molecule has 17 heavy (non-hydrogen) atoms. The molecule has 0 unspecified atom stereocenters. The second-order valence-corrected chi connectivity index (χ2v) is 4.60. The lowest BCUT2D eigenvalue weighted by Gasteiger charge is -2.14. The Bertz CT molecular complexity index is 538. The van der Waals surface area contributed by atoms with Crippen LogP contribution in [0.25, 0.3) is 0 Å². The fourth-order valence-electron chi connectivity index (χ4n) is 1.68. The molecule has 1 aromatic rings. The molecule has 0 atom stereocenters. The van der Waals surface area contributed by atoms with E-state index in [0.29, 0.717) is 24.4 Å². The smallest absolute Gasteiger partial charge is 0.298 e. The normalized spacial score (nSPS) is 10.9. The zero-order chi connectivity index (χ0) is 13.2. The molecule has 0 aliphatic carbocycles. The highest BCUT2D eigenvalue weighted by Crippen LogP contribution is 2.04. The first-order valence-electron chi connectivity index (χ1n) is 5.65. The van der Waals surface area contributed by atoms with E-state index in [1.807, 2.05) is 0 Å². The summed E-state index contributed by atoms with van der Waals surface area (Å²) in [6, 6.07) is 0. The summed E-state index contributed by atoms with van der Waals surface area (Å²) < 4.78 is 2.47. The van der Waals surface area contributed by atoms with Crippen molar-refractivity contribution in [3.8, 4) is 0 Å². The number of hydrogen-bond donors (Lipinski definition) is 0. The van der Waals surface area contributed by atoms with Crippen molar-refractivity contribution in [2.75, 3.05) is 0 Å². The molecule has 0 aliphatic rings. The lowest BCUT2D eigenvalue weighted by molar-refractivity contribution is 0.111. The van der Waals surface area contributed by atoms with Gasteiger partial charge in [0.2, 0.25) is 0 Å². The van der Waals surface area contributed by atoms with Gasteiger partial charge < -0.3 is 0 Å². The molecule has 0 N–H and O–H groups in total. The Labute approximate surface area is 99.7 Å². The van der Waals surface area contributed by atoms with Gasteiger partial charge in [0.05, 0.1) is 5.56 Å². The topological polar surface area (TPSA) is 61.1 Å². The van der Waals surface area contributed by atoms with Gasteiger partial charge in [-0.2, -0.15) is 0 Å². The van der Waals surface area contributed by atoms with Crippen LogP contribution in [0.5, 0.6) is 0 Å². The number of nitrogens with zero attached hydrogens (tertiary/aromatic N) is 2. The summed E-state index contributed by atoms with van der Waals surface area (Å²) in [5.74, 6) is 0.457. The second kappa shape index (κ2) is 5.12. The average Bonchev–Trinajstić information content (AvgIpc) is 2.26. The Morgan fingerprint density at radius 2 is 1.88 bits per heavy atom. The molecule has 0 fully saturated rings. The first kappa shape index (κ1) is 13.4. The molecule has 0 saturated heterocycles. The van der Waals surface area contributed by atoms with Gasteiger partial charge in [0.1, 0.15) is 0 Å². The van der Waals surface area contributed by atoms with E-state index < -0.39 is 5.56 Å². The summed E-state index contributed by atoms with van der Waals surface area (Å²) in [5, 5.41) is 0. The summed E-state index contributed by atoms with van der Waals surface area (Å²) in [6.45, 7) is 6.27. The molecule has 0 spiro atoms. The minimum absolute atomic E-state index is 0.0656. The zero-order valence-corrected chi connectivity index (χ0v) is 10.7. The van der Waals surface area contributed by atoms with Gasteiger partial charge in [0, 0.05) is 19.3 Å². The maximum atomic E-state index is 11.9. The number of carbonyl (C=O) groups is 1. The molecule has 94 valence electrons. The summed E-state index contributed by atoms with van der Waals surface area (Å²) >= 11 is 0. The highest BCUT2D eigenvalue weighted by Gasteiger charge is 2.13. The minimum atomic E-state index is -0.525. The van der Waals surface area contributed by atoms with Crippen LogP contribution in [0.3, 0.4) is 0 Å². The van der Waals surface area contributed by atoms with Crippen LogP contribution >= 0.6 is 0 Å². The molecule has 0 amide bonds. The molecular weight excluding hydrogens is 220 g/mol. The van der Waals surface area contributed by atoms with Gasteiger partial charge in [0.25, 0.3) is 5.56 Å². The van der Waals surface area contributed by atoms with Crippen LogP contribution in [0, 0.1) is 12.8 Å². The van der Waals surface area contributed by atoms with E-state index in [4.69, 9.17) is 0 Å². The number of hydrogen-bond acceptors (Lipinski definition) is 3. The van der Waals surface area contributed by atoms with Gasteiger partial charge >= 0.3 is 5.69 Å². The quantitative estimate of drug-likeness (QED) is 0.726. The standard InChI is InChI=1S/C12H18N2O3/c1-8(2)5-6-14-9(3)10(7-15)11(16)13(4)12(14)17/h7-8H,5-6H2,1-4H3. The fraction of sp³-hybridized carbons (Fsp3) is 0.583. The van der Waals surface area contributed by atoms with Crippen LogP contribution in [-0.2, 0) is 13.6 Å². The van der Waals surface area contributed by atoms with E-state index in [1.165, 1.54) is 11.6 Å². The van der Waals surface area contributed by atoms with Crippen molar-refractivity contribution in [1.29, 1.82) is 0 Å². The molecular formula is C12H18N2O3. The molecule has 1 rings (SSSR count). The highest BCUT2D eigenvalue weighted by molar-refractivity contribution is 5.75. The minimum Gasteiger partial charge on any atom is -0.298 e. The number of carbonyl (C=O) groups excluding carboxylic acids is 1. The van der Waals surface area contributed by atoms with Crippen molar-refractivity contribution < 1.29 is 4.79 Å². The third-order valence-electron chi connectivity index (χ3n) is 2.90. The SMILES string of the molecule is Cc1c(C=O)c(=O)n(C)c(=O)n1CCC(C)C. The molecule has 0 radical (unpaired) electrons. The molecule has 0 bridgehead atoms. The zero-order valence-electron chi connectivity index (χ0n) is 10.7. The van der Waals surface area contributed by atoms with E-state index in [2.05, 4.69) is 13.8 Å². The summed E-state index contributed by atoms with van der Waals surface area (Å²) in [7, 11) is 1.39. The molecule has 5 heteroatoms. The van der Waals surface area contributed by atoms with Crippen LogP contribution < -0.4 is 11.2 Å². The van der Waals surface area contributed by atoms with Crippen LogP contribution in [-0.4, -0.2) is 15.4 Å². The predicted molar refractivity (Wildman–Crippen MR) is 65.5 cm³/mol. The third kappa shape index (κ3) is 2.54. The molecule has 1 aromatic heterocycles. The fourth-order valence-corrected chi connectivity index (χ4v) is 1.68. The van der Waals surface area contributed by atoms with Crippen LogP contribution in [0.4, 0.5) is 0 Å². The molecule has 0 aliphatic heterocycles. The maximum absolute atomic E-state index is 11.9. The summed E-state index contributed by atoms with van der Waals surface area (Å²) in [5.41, 5.74) is -0.369. The Balaban J connectivity index is 3.40. The summed E-state index contributed by atoms with van der Waals surface area (Å²) in [4.78, 5) is 34.4. The van der Waals surface area contributed by atoms with Crippen molar-refractivity contribution in [3.05, 3.63) is 32.1 Å². The Morgan fingerprint density at radius 1 is 1.29 bits per heavy atom. The van der Waals surface area contributed by atoms with Crippen molar-refractivity contribution in [2.45, 2.75) is 33.7 Å². The maximum Gasteiger partial charge on any atom is 0.330 e. The van der Waals surface area contributed by atoms with Gasteiger partial charge in [-0.25, -0.2) is 4.79 Å². The molecule has 0 saturated carbocycles. The van der Waals surface area contributed by atoms with Crippen LogP contribution in [0.1, 0.15) is 36.3 Å². The van der Waals surface area contributed by atoms with Gasteiger partial charge in [-0.05, 0) is 19.3 Å². The van der Waals surface area contributed by atoms with Crippen molar-refractivity contribution in [3.63, 3.8) is 0 Å². The van der Waals surface area contributed by atoms with Crippen LogP contribution in [0.2, 0.25) is 0 Å². The van der Waals surface area contributed by atoms with Gasteiger partial charge in [-0.1, -0.05) is 13.8 Å². The van der Waals surface area contributed by atoms with Crippen molar-refractivity contribution in [1.82, 2.24) is 9.13 Å². The van der Waals surface area contributed by atoms with Gasteiger partial charge in [0.15, 0.2) is 6.29 Å².